The molecule has 0 aromatic heterocycles. The van der Waals surface area contributed by atoms with E-state index in [0.29, 0.717) is 12.1 Å². The lowest BCUT2D eigenvalue weighted by molar-refractivity contribution is 0.0709. The van der Waals surface area contributed by atoms with Gasteiger partial charge in [-0.3, -0.25) is 4.90 Å². The lowest BCUT2D eigenvalue weighted by Gasteiger charge is -2.40. The summed E-state index contributed by atoms with van der Waals surface area (Å²) in [6.45, 7) is 11.2. The Morgan fingerprint density at radius 2 is 1.58 bits per heavy atom. The van der Waals surface area contributed by atoms with Crippen molar-refractivity contribution in [2.45, 2.75) is 46.3 Å². The first-order valence-electron chi connectivity index (χ1n) is 4.71. The van der Waals surface area contributed by atoms with Crippen molar-refractivity contribution >= 4 is 0 Å². The maximum absolute atomic E-state index is 3.33. The molecule has 0 bridgehead atoms. The van der Waals surface area contributed by atoms with Gasteiger partial charge < -0.3 is 5.32 Å². The van der Waals surface area contributed by atoms with Gasteiger partial charge in [0.25, 0.3) is 0 Å². The summed E-state index contributed by atoms with van der Waals surface area (Å²) >= 11 is 0. The van der Waals surface area contributed by atoms with Gasteiger partial charge in [-0.1, -0.05) is 13.8 Å². The summed E-state index contributed by atoms with van der Waals surface area (Å²) in [4.78, 5) is 2.37. The van der Waals surface area contributed by atoms with Gasteiger partial charge in [0.05, 0.1) is 6.17 Å². The Morgan fingerprint density at radius 1 is 1.17 bits per heavy atom. The second-order valence-electron chi connectivity index (χ2n) is 4.76. The van der Waals surface area contributed by atoms with E-state index in [0.717, 1.165) is 0 Å². The molecule has 0 heterocycles. The normalized spacial score (nSPS) is 15.8. The molecule has 1 unspecified atom stereocenters. The highest BCUT2D eigenvalue weighted by atomic mass is 15.3. The molecule has 0 aliphatic rings. The summed E-state index contributed by atoms with van der Waals surface area (Å²) in [6.07, 6.45) is 0.463. The number of nitrogens with one attached hydrogen (secondary N) is 1. The van der Waals surface area contributed by atoms with Gasteiger partial charge >= 0.3 is 0 Å². The first kappa shape index (κ1) is 11.9. The highest BCUT2D eigenvalue weighted by Crippen LogP contribution is 2.17. The van der Waals surface area contributed by atoms with Crippen LogP contribution in [0.15, 0.2) is 0 Å². The maximum Gasteiger partial charge on any atom is 0.0620 e. The van der Waals surface area contributed by atoms with Crippen molar-refractivity contribution in [3.63, 3.8) is 0 Å². The quantitative estimate of drug-likeness (QED) is 0.654. The monoisotopic (exact) mass is 172 g/mol. The summed E-state index contributed by atoms with van der Waals surface area (Å²) in [5, 5.41) is 3.33. The molecule has 0 aliphatic carbocycles. The third kappa shape index (κ3) is 3.11. The van der Waals surface area contributed by atoms with Gasteiger partial charge in [-0.05, 0) is 40.8 Å². The van der Waals surface area contributed by atoms with Gasteiger partial charge in [-0.2, -0.15) is 0 Å². The number of rotatable bonds is 3. The Morgan fingerprint density at radius 3 is 1.67 bits per heavy atom. The molecule has 0 aromatic carbocycles. The first-order valence-corrected chi connectivity index (χ1v) is 4.71. The van der Waals surface area contributed by atoms with Gasteiger partial charge in [0.15, 0.2) is 0 Å². The summed E-state index contributed by atoms with van der Waals surface area (Å²) in [5.41, 5.74) is 0.234. The van der Waals surface area contributed by atoms with Crippen LogP contribution in [0.2, 0.25) is 0 Å². The Kier molecular flexibility index (Phi) is 4.21. The molecule has 2 heteroatoms. The van der Waals surface area contributed by atoms with Crippen LogP contribution in [-0.2, 0) is 0 Å². The van der Waals surface area contributed by atoms with Crippen LogP contribution in [0, 0.1) is 5.92 Å². The number of nitrogens with zero attached hydrogens (tertiary/aromatic N) is 1. The van der Waals surface area contributed by atoms with E-state index >= 15 is 0 Å². The van der Waals surface area contributed by atoms with Crippen molar-refractivity contribution in [1.82, 2.24) is 10.2 Å². The Labute approximate surface area is 77.3 Å². The van der Waals surface area contributed by atoms with Crippen LogP contribution < -0.4 is 5.32 Å². The fourth-order valence-electron chi connectivity index (χ4n) is 1.39. The predicted molar refractivity (Wildman–Crippen MR) is 55.2 cm³/mol. The first-order chi connectivity index (χ1) is 5.30. The second-order valence-corrected chi connectivity index (χ2v) is 4.76. The van der Waals surface area contributed by atoms with E-state index in [9.17, 15) is 0 Å². The second kappa shape index (κ2) is 4.24. The van der Waals surface area contributed by atoms with E-state index < -0.39 is 0 Å². The SMILES string of the molecule is CNC(C(C)C)N(C)C(C)(C)C. The van der Waals surface area contributed by atoms with Crippen LogP contribution >= 0.6 is 0 Å². The summed E-state index contributed by atoms with van der Waals surface area (Å²) in [5.74, 6) is 0.638. The minimum absolute atomic E-state index is 0.234. The van der Waals surface area contributed by atoms with E-state index in [4.69, 9.17) is 0 Å². The molecule has 12 heavy (non-hydrogen) atoms. The molecule has 0 saturated carbocycles. The Bertz CT molecular complexity index is 124. The maximum atomic E-state index is 3.33. The van der Waals surface area contributed by atoms with Crippen molar-refractivity contribution in [3.8, 4) is 0 Å². The van der Waals surface area contributed by atoms with Gasteiger partial charge in [-0.25, -0.2) is 0 Å². The number of hydrogen-bond donors (Lipinski definition) is 1. The zero-order chi connectivity index (χ0) is 9.94. The van der Waals surface area contributed by atoms with Crippen LogP contribution in [0.25, 0.3) is 0 Å². The molecule has 0 amide bonds. The van der Waals surface area contributed by atoms with Crippen LogP contribution in [0.4, 0.5) is 0 Å². The van der Waals surface area contributed by atoms with Crippen LogP contribution in [0.1, 0.15) is 34.6 Å². The summed E-state index contributed by atoms with van der Waals surface area (Å²) in [6, 6.07) is 0. The van der Waals surface area contributed by atoms with Gasteiger partial charge in [0, 0.05) is 5.54 Å². The lowest BCUT2D eigenvalue weighted by atomic mass is 10.0. The highest BCUT2D eigenvalue weighted by molar-refractivity contribution is 4.79. The van der Waals surface area contributed by atoms with E-state index in [-0.39, 0.29) is 5.54 Å². The molecule has 0 aromatic rings. The standard InChI is InChI=1S/C10H24N2/c1-8(2)9(11-6)12(7)10(3,4)5/h8-9,11H,1-7H3. The minimum Gasteiger partial charge on any atom is -0.305 e. The molecule has 0 saturated heterocycles. The molecule has 2 nitrogen and oxygen atoms in total. The largest absolute Gasteiger partial charge is 0.305 e. The fourth-order valence-corrected chi connectivity index (χ4v) is 1.39. The zero-order valence-corrected chi connectivity index (χ0v) is 9.60. The van der Waals surface area contributed by atoms with Crippen molar-refractivity contribution in [2.75, 3.05) is 14.1 Å². The zero-order valence-electron chi connectivity index (χ0n) is 9.60. The molecule has 0 rings (SSSR count). The lowest BCUT2D eigenvalue weighted by Crippen LogP contribution is -2.53. The van der Waals surface area contributed by atoms with Gasteiger partial charge in [-0.15, -0.1) is 0 Å². The van der Waals surface area contributed by atoms with E-state index in [1.54, 1.807) is 0 Å². The Hall–Kier alpha value is -0.0800. The molecular formula is C10H24N2. The minimum atomic E-state index is 0.234. The van der Waals surface area contributed by atoms with Crippen molar-refractivity contribution in [3.05, 3.63) is 0 Å². The molecule has 0 aliphatic heterocycles. The molecular weight excluding hydrogens is 148 g/mol. The average Bonchev–Trinajstić information content (AvgIpc) is 1.86. The van der Waals surface area contributed by atoms with Crippen molar-refractivity contribution in [2.24, 2.45) is 5.92 Å². The highest BCUT2D eigenvalue weighted by Gasteiger charge is 2.25. The molecule has 0 fully saturated rings. The third-order valence-corrected chi connectivity index (χ3v) is 2.40. The fraction of sp³-hybridized carbons (Fsp3) is 1.00. The summed E-state index contributed by atoms with van der Waals surface area (Å²) < 4.78 is 0. The Balaban J connectivity index is 4.32. The summed E-state index contributed by atoms with van der Waals surface area (Å²) in [7, 11) is 4.19. The van der Waals surface area contributed by atoms with Crippen LogP contribution in [0.5, 0.6) is 0 Å². The van der Waals surface area contributed by atoms with Crippen LogP contribution in [0.3, 0.4) is 0 Å². The smallest absolute Gasteiger partial charge is 0.0620 e. The van der Waals surface area contributed by atoms with Crippen molar-refractivity contribution in [1.29, 1.82) is 0 Å². The van der Waals surface area contributed by atoms with Gasteiger partial charge in [0.1, 0.15) is 0 Å². The molecule has 1 atom stereocenters. The topological polar surface area (TPSA) is 15.3 Å². The van der Waals surface area contributed by atoms with E-state index in [1.807, 2.05) is 7.05 Å². The van der Waals surface area contributed by atoms with E-state index in [1.165, 1.54) is 0 Å². The predicted octanol–water partition coefficient (Wildman–Crippen LogP) is 1.92. The van der Waals surface area contributed by atoms with Gasteiger partial charge in [0.2, 0.25) is 0 Å². The van der Waals surface area contributed by atoms with E-state index in [2.05, 4.69) is 51.9 Å². The molecule has 0 radical (unpaired) electrons. The van der Waals surface area contributed by atoms with Crippen LogP contribution in [-0.4, -0.2) is 30.7 Å². The molecule has 1 N–H and O–H groups in total. The van der Waals surface area contributed by atoms with Crippen molar-refractivity contribution < 1.29 is 0 Å². The molecule has 74 valence electrons. The third-order valence-electron chi connectivity index (χ3n) is 2.40. The molecule has 0 spiro atoms. The average molecular weight is 172 g/mol. The number of hydrogen-bond acceptors (Lipinski definition) is 2.